The third-order valence-electron chi connectivity index (χ3n) is 4.78. The van der Waals surface area contributed by atoms with Crippen LogP contribution < -0.4 is 4.90 Å². The van der Waals surface area contributed by atoms with Crippen LogP contribution in [0, 0.1) is 20.8 Å². The Hall–Kier alpha value is -1.56. The van der Waals surface area contributed by atoms with Gasteiger partial charge in [0.15, 0.2) is 0 Å². The Kier molecular flexibility index (Phi) is 5.09. The highest BCUT2D eigenvalue weighted by molar-refractivity contribution is 7.89. The van der Waals surface area contributed by atoms with Crippen molar-refractivity contribution < 1.29 is 8.42 Å². The molecule has 0 aromatic heterocycles. The molecular formula is C19H23ClN2O2S. The fraction of sp³-hybridized carbons (Fsp3) is 0.368. The molecule has 0 unspecified atom stereocenters. The average Bonchev–Trinajstić information content (AvgIpc) is 2.59. The zero-order chi connectivity index (χ0) is 18.2. The molecular weight excluding hydrogens is 356 g/mol. The van der Waals surface area contributed by atoms with Gasteiger partial charge in [0.25, 0.3) is 0 Å². The summed E-state index contributed by atoms with van der Waals surface area (Å²) < 4.78 is 27.6. The molecule has 3 rings (SSSR count). The van der Waals surface area contributed by atoms with E-state index in [-0.39, 0.29) is 0 Å². The lowest BCUT2D eigenvalue weighted by molar-refractivity contribution is 0.384. The van der Waals surface area contributed by atoms with Gasteiger partial charge in [0.2, 0.25) is 10.0 Å². The number of piperazine rings is 1. The van der Waals surface area contributed by atoms with Gasteiger partial charge >= 0.3 is 0 Å². The molecule has 0 amide bonds. The smallest absolute Gasteiger partial charge is 0.243 e. The molecule has 1 saturated heterocycles. The van der Waals surface area contributed by atoms with Gasteiger partial charge < -0.3 is 4.90 Å². The summed E-state index contributed by atoms with van der Waals surface area (Å²) in [6.07, 6.45) is 0. The van der Waals surface area contributed by atoms with Crippen molar-refractivity contribution in [2.75, 3.05) is 31.1 Å². The zero-order valence-corrected chi connectivity index (χ0v) is 16.4. The van der Waals surface area contributed by atoms with E-state index >= 15 is 0 Å². The van der Waals surface area contributed by atoms with E-state index in [1.165, 1.54) is 0 Å². The second-order valence-electron chi connectivity index (χ2n) is 6.54. The van der Waals surface area contributed by atoms with Crippen LogP contribution in [0.15, 0.2) is 41.3 Å². The fourth-order valence-electron chi connectivity index (χ4n) is 3.23. The molecule has 1 aliphatic rings. The average molecular weight is 379 g/mol. The summed E-state index contributed by atoms with van der Waals surface area (Å²) in [6, 6.07) is 11.4. The first kappa shape index (κ1) is 18.2. The molecule has 134 valence electrons. The summed E-state index contributed by atoms with van der Waals surface area (Å²) in [6.45, 7) is 8.02. The summed E-state index contributed by atoms with van der Waals surface area (Å²) >= 11 is 6.21. The molecule has 1 fully saturated rings. The number of halogens is 1. The predicted octanol–water partition coefficient (Wildman–Crippen LogP) is 3.78. The van der Waals surface area contributed by atoms with Crippen LogP contribution >= 0.6 is 11.6 Å². The molecule has 1 heterocycles. The third-order valence-corrected chi connectivity index (χ3v) is 7.23. The summed E-state index contributed by atoms with van der Waals surface area (Å²) in [5.41, 5.74) is 3.86. The van der Waals surface area contributed by atoms with Crippen molar-refractivity contribution in [3.8, 4) is 0 Å². The molecule has 25 heavy (non-hydrogen) atoms. The monoisotopic (exact) mass is 378 g/mol. The molecule has 4 nitrogen and oxygen atoms in total. The maximum Gasteiger partial charge on any atom is 0.243 e. The summed E-state index contributed by atoms with van der Waals surface area (Å²) in [7, 11) is -3.46. The topological polar surface area (TPSA) is 40.6 Å². The van der Waals surface area contributed by atoms with Crippen LogP contribution in [0.2, 0.25) is 5.02 Å². The van der Waals surface area contributed by atoms with Gasteiger partial charge in [0.1, 0.15) is 0 Å². The molecule has 0 bridgehead atoms. The van der Waals surface area contributed by atoms with Gasteiger partial charge in [-0.25, -0.2) is 8.42 Å². The molecule has 0 aliphatic carbocycles. The van der Waals surface area contributed by atoms with Gasteiger partial charge in [0, 0.05) is 36.9 Å². The molecule has 2 aromatic carbocycles. The van der Waals surface area contributed by atoms with Crippen LogP contribution in [0.4, 0.5) is 5.69 Å². The predicted molar refractivity (Wildman–Crippen MR) is 103 cm³/mol. The summed E-state index contributed by atoms with van der Waals surface area (Å²) in [5.74, 6) is 0. The number of benzene rings is 2. The van der Waals surface area contributed by atoms with Gasteiger partial charge in [-0.15, -0.1) is 0 Å². The second kappa shape index (κ2) is 6.98. The first-order valence-corrected chi connectivity index (χ1v) is 10.2. The van der Waals surface area contributed by atoms with Crippen molar-refractivity contribution in [3.63, 3.8) is 0 Å². The number of hydrogen-bond acceptors (Lipinski definition) is 3. The maximum atomic E-state index is 13.0. The lowest BCUT2D eigenvalue weighted by atomic mass is 10.1. The van der Waals surface area contributed by atoms with Crippen molar-refractivity contribution in [2.45, 2.75) is 25.7 Å². The van der Waals surface area contributed by atoms with Crippen molar-refractivity contribution in [2.24, 2.45) is 0 Å². The minimum absolute atomic E-state index is 0.417. The first-order valence-electron chi connectivity index (χ1n) is 8.38. The molecule has 0 radical (unpaired) electrons. The van der Waals surface area contributed by atoms with E-state index in [2.05, 4.69) is 4.90 Å². The van der Waals surface area contributed by atoms with Gasteiger partial charge in [0.05, 0.1) is 4.90 Å². The highest BCUT2D eigenvalue weighted by atomic mass is 35.5. The minimum atomic E-state index is -3.46. The Bertz CT molecular complexity index is 888. The molecule has 0 spiro atoms. The second-order valence-corrected chi connectivity index (χ2v) is 8.86. The highest BCUT2D eigenvalue weighted by Gasteiger charge is 2.30. The molecule has 0 atom stereocenters. The number of anilines is 1. The van der Waals surface area contributed by atoms with Crippen LogP contribution in [0.1, 0.15) is 16.7 Å². The molecule has 6 heteroatoms. The standard InChI is InChI=1S/C19H23ClN2O2S/c1-14-7-8-15(2)19(13-14)25(23,24)22-11-9-21(10-12-22)18-6-4-5-17(20)16(18)3/h4-8,13H,9-12H2,1-3H3. The lowest BCUT2D eigenvalue weighted by Gasteiger charge is -2.36. The highest BCUT2D eigenvalue weighted by Crippen LogP contribution is 2.29. The van der Waals surface area contributed by atoms with E-state index in [0.29, 0.717) is 31.1 Å². The van der Waals surface area contributed by atoms with Gasteiger partial charge in [-0.1, -0.05) is 29.8 Å². The van der Waals surface area contributed by atoms with E-state index < -0.39 is 10.0 Å². The Morgan fingerprint density at radius 2 is 1.64 bits per heavy atom. The molecule has 0 saturated carbocycles. The molecule has 1 aliphatic heterocycles. The SMILES string of the molecule is Cc1ccc(C)c(S(=O)(=O)N2CCN(c3cccc(Cl)c3C)CC2)c1. The number of aryl methyl sites for hydroxylation is 2. The van der Waals surface area contributed by atoms with E-state index in [1.54, 1.807) is 10.4 Å². The van der Waals surface area contributed by atoms with Crippen LogP contribution in [0.25, 0.3) is 0 Å². The largest absolute Gasteiger partial charge is 0.369 e. The van der Waals surface area contributed by atoms with Crippen molar-refractivity contribution in [1.29, 1.82) is 0 Å². The summed E-state index contributed by atoms with van der Waals surface area (Å²) in [5, 5.41) is 0.739. The van der Waals surface area contributed by atoms with E-state index in [1.807, 2.05) is 51.1 Å². The number of hydrogen-bond donors (Lipinski definition) is 0. The van der Waals surface area contributed by atoms with E-state index in [4.69, 9.17) is 11.6 Å². The van der Waals surface area contributed by atoms with Crippen LogP contribution in [-0.2, 0) is 10.0 Å². The van der Waals surface area contributed by atoms with Crippen LogP contribution in [0.3, 0.4) is 0 Å². The van der Waals surface area contributed by atoms with Crippen molar-refractivity contribution in [1.82, 2.24) is 4.31 Å². The van der Waals surface area contributed by atoms with Crippen molar-refractivity contribution >= 4 is 27.3 Å². The fourth-order valence-corrected chi connectivity index (χ4v) is 5.13. The first-order chi connectivity index (χ1) is 11.8. The van der Waals surface area contributed by atoms with Crippen LogP contribution in [-0.4, -0.2) is 38.9 Å². The Balaban J connectivity index is 1.80. The number of sulfonamides is 1. The normalized spacial score (nSPS) is 16.2. The molecule has 0 N–H and O–H groups in total. The Morgan fingerprint density at radius 3 is 2.32 bits per heavy atom. The number of rotatable bonds is 3. The van der Waals surface area contributed by atoms with Gasteiger partial charge in [-0.2, -0.15) is 4.31 Å². The molecule has 2 aromatic rings. The van der Waals surface area contributed by atoms with Crippen molar-refractivity contribution in [3.05, 3.63) is 58.1 Å². The van der Waals surface area contributed by atoms with E-state index in [0.717, 1.165) is 27.4 Å². The Morgan fingerprint density at radius 1 is 0.960 bits per heavy atom. The van der Waals surface area contributed by atoms with E-state index in [9.17, 15) is 8.42 Å². The maximum absolute atomic E-state index is 13.0. The number of nitrogens with zero attached hydrogens (tertiary/aromatic N) is 2. The lowest BCUT2D eigenvalue weighted by Crippen LogP contribution is -2.49. The zero-order valence-electron chi connectivity index (χ0n) is 14.8. The summed E-state index contributed by atoms with van der Waals surface area (Å²) in [4.78, 5) is 2.62. The Labute approximate surface area is 155 Å². The third kappa shape index (κ3) is 3.54. The van der Waals surface area contributed by atoms with Gasteiger partial charge in [-0.05, 0) is 55.7 Å². The van der Waals surface area contributed by atoms with Crippen LogP contribution in [0.5, 0.6) is 0 Å². The minimum Gasteiger partial charge on any atom is -0.369 e. The quantitative estimate of drug-likeness (QED) is 0.816. The van der Waals surface area contributed by atoms with Gasteiger partial charge in [-0.3, -0.25) is 0 Å².